The van der Waals surface area contributed by atoms with Gasteiger partial charge in [-0.25, -0.2) is 4.39 Å². The number of nitrogens with zero attached hydrogens (tertiary/aromatic N) is 1. The molecule has 1 amide bonds. The minimum absolute atomic E-state index is 0.0354. The number of amides is 1. The molecule has 0 aromatic heterocycles. The lowest BCUT2D eigenvalue weighted by molar-refractivity contribution is -0.384. The Labute approximate surface area is 139 Å². The molecule has 0 aliphatic carbocycles. The van der Waals surface area contributed by atoms with Gasteiger partial charge in [-0.2, -0.15) is 0 Å². The molecule has 2 aromatic rings. The van der Waals surface area contributed by atoms with Gasteiger partial charge in [-0.1, -0.05) is 15.9 Å². The molecule has 1 N–H and O–H groups in total. The Balaban J connectivity index is 1.83. The molecule has 6 nitrogen and oxygen atoms in total. The summed E-state index contributed by atoms with van der Waals surface area (Å²) < 4.78 is 19.4. The van der Waals surface area contributed by atoms with Gasteiger partial charge in [0.25, 0.3) is 11.6 Å². The smallest absolute Gasteiger partial charge is 0.269 e. The summed E-state index contributed by atoms with van der Waals surface area (Å²) in [5, 5.41) is 13.1. The summed E-state index contributed by atoms with van der Waals surface area (Å²) >= 11 is 3.23. The Bertz CT molecular complexity index is 722. The molecule has 0 unspecified atom stereocenters. The molecule has 0 aliphatic heterocycles. The maximum Gasteiger partial charge on any atom is 0.269 e. The number of nitro benzene ring substituents is 1. The first-order valence-corrected chi connectivity index (χ1v) is 7.33. The lowest BCUT2D eigenvalue weighted by Crippen LogP contribution is -2.28. The van der Waals surface area contributed by atoms with Gasteiger partial charge < -0.3 is 10.1 Å². The number of halogens is 2. The lowest BCUT2D eigenvalue weighted by Gasteiger charge is -2.08. The van der Waals surface area contributed by atoms with Crippen molar-refractivity contribution in [3.8, 4) is 5.75 Å². The van der Waals surface area contributed by atoms with Crippen molar-refractivity contribution in [1.29, 1.82) is 0 Å². The highest BCUT2D eigenvalue weighted by Gasteiger charge is 2.08. The lowest BCUT2D eigenvalue weighted by atomic mass is 10.2. The standard InChI is InChI=1S/C15H12BrFN2O4/c16-11-1-6-14(17)10(7-11)8-18-15(20)9-23-13-4-2-12(3-5-13)19(21)22/h1-7H,8-9H2,(H,18,20). The molecule has 120 valence electrons. The molecule has 2 aromatic carbocycles. The normalized spacial score (nSPS) is 10.2. The van der Waals surface area contributed by atoms with Gasteiger partial charge in [0, 0.05) is 28.7 Å². The Morgan fingerprint density at radius 3 is 2.61 bits per heavy atom. The molecular weight excluding hydrogens is 371 g/mol. The van der Waals surface area contributed by atoms with Crippen LogP contribution in [0.2, 0.25) is 0 Å². The quantitative estimate of drug-likeness (QED) is 0.614. The van der Waals surface area contributed by atoms with E-state index in [1.54, 1.807) is 12.1 Å². The van der Waals surface area contributed by atoms with Crippen LogP contribution in [0.4, 0.5) is 10.1 Å². The second kappa shape index (κ2) is 7.68. The fourth-order valence-corrected chi connectivity index (χ4v) is 2.15. The van der Waals surface area contributed by atoms with Crippen LogP contribution in [0.15, 0.2) is 46.9 Å². The second-order valence-corrected chi connectivity index (χ2v) is 5.47. The van der Waals surface area contributed by atoms with E-state index in [0.29, 0.717) is 15.8 Å². The van der Waals surface area contributed by atoms with Gasteiger partial charge in [-0.15, -0.1) is 0 Å². The molecule has 0 bridgehead atoms. The molecule has 0 fully saturated rings. The third-order valence-electron chi connectivity index (χ3n) is 2.90. The minimum atomic E-state index is -0.525. The summed E-state index contributed by atoms with van der Waals surface area (Å²) in [5.74, 6) is -0.507. The van der Waals surface area contributed by atoms with E-state index in [2.05, 4.69) is 21.2 Å². The number of hydrogen-bond acceptors (Lipinski definition) is 4. The highest BCUT2D eigenvalue weighted by atomic mass is 79.9. The number of ether oxygens (including phenoxy) is 1. The molecule has 0 atom stereocenters. The number of nitro groups is 1. The first-order valence-electron chi connectivity index (χ1n) is 6.53. The van der Waals surface area contributed by atoms with Crippen LogP contribution in [-0.2, 0) is 11.3 Å². The number of benzene rings is 2. The number of carbonyl (C=O) groups is 1. The number of carbonyl (C=O) groups excluding carboxylic acids is 1. The van der Waals surface area contributed by atoms with E-state index in [1.807, 2.05) is 0 Å². The summed E-state index contributed by atoms with van der Waals surface area (Å²) in [7, 11) is 0. The van der Waals surface area contributed by atoms with Crippen molar-refractivity contribution in [3.63, 3.8) is 0 Å². The van der Waals surface area contributed by atoms with E-state index in [0.717, 1.165) is 0 Å². The molecule has 8 heteroatoms. The number of nitrogens with one attached hydrogen (secondary N) is 1. The van der Waals surface area contributed by atoms with Gasteiger partial charge in [-0.3, -0.25) is 14.9 Å². The van der Waals surface area contributed by atoms with E-state index in [4.69, 9.17) is 4.74 Å². The van der Waals surface area contributed by atoms with Crippen LogP contribution in [0.3, 0.4) is 0 Å². The van der Waals surface area contributed by atoms with E-state index >= 15 is 0 Å². The van der Waals surface area contributed by atoms with E-state index in [9.17, 15) is 19.3 Å². The fraction of sp³-hybridized carbons (Fsp3) is 0.133. The Morgan fingerprint density at radius 1 is 1.26 bits per heavy atom. The topological polar surface area (TPSA) is 81.5 Å². The summed E-state index contributed by atoms with van der Waals surface area (Å²) in [6.07, 6.45) is 0. The van der Waals surface area contributed by atoms with E-state index < -0.39 is 16.6 Å². The van der Waals surface area contributed by atoms with Crippen molar-refractivity contribution in [2.45, 2.75) is 6.54 Å². The zero-order valence-corrected chi connectivity index (χ0v) is 13.4. The van der Waals surface area contributed by atoms with Gasteiger partial charge in [0.1, 0.15) is 11.6 Å². The van der Waals surface area contributed by atoms with Crippen LogP contribution in [0.1, 0.15) is 5.56 Å². The fourth-order valence-electron chi connectivity index (χ4n) is 1.74. The van der Waals surface area contributed by atoms with Crippen molar-refractivity contribution in [3.05, 3.63) is 68.4 Å². The summed E-state index contributed by atoms with van der Waals surface area (Å²) in [5.41, 5.74) is 0.287. The summed E-state index contributed by atoms with van der Waals surface area (Å²) in [6.45, 7) is -0.235. The Kier molecular flexibility index (Phi) is 5.64. The Morgan fingerprint density at radius 2 is 1.96 bits per heavy atom. The monoisotopic (exact) mass is 382 g/mol. The average Bonchev–Trinajstić information content (AvgIpc) is 2.54. The largest absolute Gasteiger partial charge is 0.484 e. The molecule has 0 spiro atoms. The first-order chi connectivity index (χ1) is 11.0. The van der Waals surface area contributed by atoms with Crippen molar-refractivity contribution in [1.82, 2.24) is 5.32 Å². The summed E-state index contributed by atoms with van der Waals surface area (Å²) in [6, 6.07) is 9.82. The second-order valence-electron chi connectivity index (χ2n) is 4.55. The maximum atomic E-state index is 13.5. The van der Waals surface area contributed by atoms with Crippen LogP contribution in [0.25, 0.3) is 0 Å². The van der Waals surface area contributed by atoms with Gasteiger partial charge in [0.15, 0.2) is 6.61 Å². The number of hydrogen-bond donors (Lipinski definition) is 1. The molecular formula is C15H12BrFN2O4. The Hall–Kier alpha value is -2.48. The predicted molar refractivity (Wildman–Crippen MR) is 84.5 cm³/mol. The van der Waals surface area contributed by atoms with E-state index in [-0.39, 0.29) is 18.8 Å². The van der Waals surface area contributed by atoms with Crippen molar-refractivity contribution < 1.29 is 18.8 Å². The number of rotatable bonds is 6. The van der Waals surface area contributed by atoms with Crippen molar-refractivity contribution >= 4 is 27.5 Å². The van der Waals surface area contributed by atoms with Gasteiger partial charge in [-0.05, 0) is 30.3 Å². The first kappa shape index (κ1) is 16.9. The predicted octanol–water partition coefficient (Wildman–Crippen LogP) is 3.19. The van der Waals surface area contributed by atoms with Crippen LogP contribution in [0, 0.1) is 15.9 Å². The van der Waals surface area contributed by atoms with Crippen LogP contribution >= 0.6 is 15.9 Å². The molecule has 0 saturated heterocycles. The number of non-ortho nitro benzene ring substituents is 1. The van der Waals surface area contributed by atoms with Gasteiger partial charge >= 0.3 is 0 Å². The zero-order chi connectivity index (χ0) is 16.8. The van der Waals surface area contributed by atoms with Gasteiger partial charge in [0.2, 0.25) is 0 Å². The SMILES string of the molecule is O=C(COc1ccc([N+](=O)[O-])cc1)NCc1cc(Br)ccc1F. The summed E-state index contributed by atoms with van der Waals surface area (Å²) in [4.78, 5) is 21.7. The van der Waals surface area contributed by atoms with Crippen LogP contribution < -0.4 is 10.1 Å². The van der Waals surface area contributed by atoms with Crippen molar-refractivity contribution in [2.75, 3.05) is 6.61 Å². The van der Waals surface area contributed by atoms with Crippen molar-refractivity contribution in [2.24, 2.45) is 0 Å². The molecule has 0 aliphatic rings. The van der Waals surface area contributed by atoms with Crippen LogP contribution in [-0.4, -0.2) is 17.4 Å². The van der Waals surface area contributed by atoms with Gasteiger partial charge in [0.05, 0.1) is 4.92 Å². The third-order valence-corrected chi connectivity index (χ3v) is 3.39. The highest BCUT2D eigenvalue weighted by Crippen LogP contribution is 2.17. The maximum absolute atomic E-state index is 13.5. The molecule has 0 saturated carbocycles. The zero-order valence-electron chi connectivity index (χ0n) is 11.8. The third kappa shape index (κ3) is 5.03. The van der Waals surface area contributed by atoms with Crippen LogP contribution in [0.5, 0.6) is 5.75 Å². The molecule has 0 radical (unpaired) electrons. The minimum Gasteiger partial charge on any atom is -0.484 e. The molecule has 23 heavy (non-hydrogen) atoms. The molecule has 2 rings (SSSR count). The van der Waals surface area contributed by atoms with E-state index in [1.165, 1.54) is 30.3 Å². The average molecular weight is 383 g/mol. The highest BCUT2D eigenvalue weighted by molar-refractivity contribution is 9.10. The molecule has 0 heterocycles.